The molecule has 2 N–H and O–H groups in total. The van der Waals surface area contributed by atoms with E-state index in [2.05, 4.69) is 35.1 Å². The average molecular weight is 384 g/mol. The number of benzene rings is 1. The maximum Gasteiger partial charge on any atom is 0.220 e. The monoisotopic (exact) mass is 383 g/mol. The molecule has 0 bridgehead atoms. The number of carbonyl (C=O) groups excluding carboxylic acids is 1. The number of nitrogens with one attached hydrogen (secondary N) is 1. The third-order valence-electron chi connectivity index (χ3n) is 5.02. The molecule has 0 saturated heterocycles. The number of phenolic OH excluding ortho intramolecular Hbond substituents is 1. The molecule has 0 aliphatic carbocycles. The second kappa shape index (κ2) is 10.8. The number of carbonyl (C=O) groups is 1. The highest BCUT2D eigenvalue weighted by Gasteiger charge is 2.19. The molecule has 152 valence electrons. The molecule has 1 amide bonds. The van der Waals surface area contributed by atoms with E-state index in [1.807, 2.05) is 38.5 Å². The molecule has 0 aliphatic heterocycles. The van der Waals surface area contributed by atoms with Crippen molar-refractivity contribution >= 4 is 5.91 Å². The Morgan fingerprint density at radius 3 is 2.46 bits per heavy atom. The summed E-state index contributed by atoms with van der Waals surface area (Å²) >= 11 is 0. The van der Waals surface area contributed by atoms with E-state index in [0.29, 0.717) is 18.9 Å². The molecule has 0 radical (unpaired) electrons. The molecule has 5 heteroatoms. The third-order valence-corrected chi connectivity index (χ3v) is 5.02. The molecule has 0 fully saturated rings. The van der Waals surface area contributed by atoms with Gasteiger partial charge in [0.2, 0.25) is 5.91 Å². The van der Waals surface area contributed by atoms with Crippen LogP contribution in [0.1, 0.15) is 43.7 Å². The summed E-state index contributed by atoms with van der Waals surface area (Å²) in [6, 6.07) is 11.4. The summed E-state index contributed by atoms with van der Waals surface area (Å²) in [6.45, 7) is 4.95. The molecule has 1 aromatic heterocycles. The van der Waals surface area contributed by atoms with Gasteiger partial charge in [-0.3, -0.25) is 9.78 Å². The number of nitrogens with zero attached hydrogens (tertiary/aromatic N) is 2. The normalized spacial score (nSPS) is 13.5. The summed E-state index contributed by atoms with van der Waals surface area (Å²) in [4.78, 5) is 19.0. The number of pyridine rings is 1. The van der Waals surface area contributed by atoms with Crippen molar-refractivity contribution in [1.29, 1.82) is 0 Å². The Labute approximate surface area is 168 Å². The summed E-state index contributed by atoms with van der Waals surface area (Å²) in [6.07, 6.45) is 5.88. The van der Waals surface area contributed by atoms with Crippen LogP contribution in [0.15, 0.2) is 48.8 Å². The van der Waals surface area contributed by atoms with Crippen molar-refractivity contribution < 1.29 is 9.90 Å². The van der Waals surface area contributed by atoms with Crippen LogP contribution in [-0.4, -0.2) is 47.6 Å². The van der Waals surface area contributed by atoms with Crippen LogP contribution in [-0.2, 0) is 11.2 Å². The number of aromatic nitrogens is 1. The van der Waals surface area contributed by atoms with E-state index >= 15 is 0 Å². The van der Waals surface area contributed by atoms with E-state index in [1.54, 1.807) is 18.3 Å². The third kappa shape index (κ3) is 7.31. The first-order valence-electron chi connectivity index (χ1n) is 9.96. The summed E-state index contributed by atoms with van der Waals surface area (Å²) in [5.41, 5.74) is 2.26. The van der Waals surface area contributed by atoms with Gasteiger partial charge in [0.1, 0.15) is 5.75 Å². The lowest BCUT2D eigenvalue weighted by Crippen LogP contribution is -2.41. The maximum absolute atomic E-state index is 12.6. The number of amides is 1. The first-order chi connectivity index (χ1) is 13.3. The molecule has 2 rings (SSSR count). The van der Waals surface area contributed by atoms with Crippen LogP contribution in [0.2, 0.25) is 0 Å². The van der Waals surface area contributed by atoms with E-state index in [1.165, 1.54) is 0 Å². The van der Waals surface area contributed by atoms with Gasteiger partial charge in [-0.2, -0.15) is 0 Å². The van der Waals surface area contributed by atoms with E-state index in [0.717, 1.165) is 24.0 Å². The van der Waals surface area contributed by atoms with Gasteiger partial charge in [-0.05, 0) is 68.1 Å². The molecule has 0 spiro atoms. The Kier molecular flexibility index (Phi) is 8.45. The van der Waals surface area contributed by atoms with Gasteiger partial charge >= 0.3 is 0 Å². The number of phenols is 1. The fourth-order valence-corrected chi connectivity index (χ4v) is 3.39. The molecule has 0 unspecified atom stereocenters. The van der Waals surface area contributed by atoms with Crippen molar-refractivity contribution in [1.82, 2.24) is 15.2 Å². The van der Waals surface area contributed by atoms with Gasteiger partial charge in [-0.15, -0.1) is 0 Å². The molecule has 2 aromatic rings. The second-order valence-electron chi connectivity index (χ2n) is 8.11. The highest BCUT2D eigenvalue weighted by atomic mass is 16.3. The van der Waals surface area contributed by atoms with E-state index in [9.17, 15) is 9.90 Å². The standard InChI is InChI=1S/C23H33N3O2/c1-17(2)12-20(19-6-5-11-24-15-19)14-23(28)25-16-21(26(3)4)13-18-7-9-22(27)10-8-18/h5-11,15,17,20-21,27H,12-14,16H2,1-4H3,(H,25,28)/t20-,21-/m0/s1. The first-order valence-corrected chi connectivity index (χ1v) is 9.96. The summed E-state index contributed by atoms with van der Waals surface area (Å²) in [7, 11) is 4.04. The van der Waals surface area contributed by atoms with Crippen LogP contribution in [0, 0.1) is 5.92 Å². The quantitative estimate of drug-likeness (QED) is 0.658. The summed E-state index contributed by atoms with van der Waals surface area (Å²) < 4.78 is 0. The number of likely N-dealkylation sites (N-methyl/N-ethyl adjacent to an activating group) is 1. The predicted molar refractivity (Wildman–Crippen MR) is 113 cm³/mol. The minimum atomic E-state index is 0.0760. The van der Waals surface area contributed by atoms with Crippen LogP contribution in [0.4, 0.5) is 0 Å². The van der Waals surface area contributed by atoms with Crippen LogP contribution in [0.25, 0.3) is 0 Å². The Hall–Kier alpha value is -2.40. The Bertz CT molecular complexity index is 714. The molecule has 0 saturated carbocycles. The first kappa shape index (κ1) is 21.9. The predicted octanol–water partition coefficient (Wildman–Crippen LogP) is 3.60. The fraction of sp³-hybridized carbons (Fsp3) is 0.478. The van der Waals surface area contributed by atoms with Crippen molar-refractivity contribution in [2.75, 3.05) is 20.6 Å². The van der Waals surface area contributed by atoms with Crippen molar-refractivity contribution in [3.05, 3.63) is 59.9 Å². The van der Waals surface area contributed by atoms with Gasteiger partial charge in [-0.1, -0.05) is 32.0 Å². The molecular formula is C23H33N3O2. The fourth-order valence-electron chi connectivity index (χ4n) is 3.39. The zero-order chi connectivity index (χ0) is 20.5. The van der Waals surface area contributed by atoms with Gasteiger partial charge in [0.05, 0.1) is 0 Å². The zero-order valence-corrected chi connectivity index (χ0v) is 17.4. The number of hydrogen-bond acceptors (Lipinski definition) is 4. The van der Waals surface area contributed by atoms with Gasteiger partial charge in [0, 0.05) is 31.4 Å². The zero-order valence-electron chi connectivity index (χ0n) is 17.4. The molecule has 28 heavy (non-hydrogen) atoms. The molecule has 1 heterocycles. The smallest absolute Gasteiger partial charge is 0.220 e. The van der Waals surface area contributed by atoms with Crippen LogP contribution in [0.3, 0.4) is 0 Å². The highest BCUT2D eigenvalue weighted by Crippen LogP contribution is 2.26. The lowest BCUT2D eigenvalue weighted by molar-refractivity contribution is -0.121. The van der Waals surface area contributed by atoms with E-state index in [-0.39, 0.29) is 23.6 Å². The van der Waals surface area contributed by atoms with E-state index in [4.69, 9.17) is 0 Å². The van der Waals surface area contributed by atoms with Crippen molar-refractivity contribution in [3.8, 4) is 5.75 Å². The van der Waals surface area contributed by atoms with Crippen LogP contribution >= 0.6 is 0 Å². The molecule has 2 atom stereocenters. The van der Waals surface area contributed by atoms with Crippen molar-refractivity contribution in [2.24, 2.45) is 5.92 Å². The second-order valence-corrected chi connectivity index (χ2v) is 8.11. The largest absolute Gasteiger partial charge is 0.508 e. The van der Waals surface area contributed by atoms with Gasteiger partial charge < -0.3 is 15.3 Å². The Morgan fingerprint density at radius 1 is 1.18 bits per heavy atom. The Balaban J connectivity index is 1.94. The van der Waals surface area contributed by atoms with Crippen LogP contribution < -0.4 is 5.32 Å². The van der Waals surface area contributed by atoms with Crippen molar-refractivity contribution in [3.63, 3.8) is 0 Å². The van der Waals surface area contributed by atoms with Gasteiger partial charge in [0.15, 0.2) is 0 Å². The molecule has 0 aliphatic rings. The van der Waals surface area contributed by atoms with Gasteiger partial charge in [0.25, 0.3) is 0 Å². The average Bonchev–Trinajstić information content (AvgIpc) is 2.66. The minimum absolute atomic E-state index is 0.0760. The number of aromatic hydroxyl groups is 1. The minimum Gasteiger partial charge on any atom is -0.508 e. The lowest BCUT2D eigenvalue weighted by Gasteiger charge is -2.25. The lowest BCUT2D eigenvalue weighted by atomic mass is 9.88. The number of rotatable bonds is 10. The maximum atomic E-state index is 12.6. The van der Waals surface area contributed by atoms with Gasteiger partial charge in [-0.25, -0.2) is 0 Å². The topological polar surface area (TPSA) is 65.5 Å². The molecule has 1 aromatic carbocycles. The summed E-state index contributed by atoms with van der Waals surface area (Å²) in [5, 5.41) is 12.6. The van der Waals surface area contributed by atoms with Crippen LogP contribution in [0.5, 0.6) is 5.75 Å². The SMILES string of the molecule is CC(C)C[C@@H](CC(=O)NC[C@H](Cc1ccc(O)cc1)N(C)C)c1cccnc1. The number of hydrogen-bond donors (Lipinski definition) is 2. The van der Waals surface area contributed by atoms with E-state index < -0.39 is 0 Å². The molecule has 5 nitrogen and oxygen atoms in total. The molecular weight excluding hydrogens is 350 g/mol. The highest BCUT2D eigenvalue weighted by molar-refractivity contribution is 5.76. The summed E-state index contributed by atoms with van der Waals surface area (Å²) in [5.74, 6) is 1.04. The Morgan fingerprint density at radius 2 is 1.89 bits per heavy atom. The van der Waals surface area contributed by atoms with Crippen molar-refractivity contribution in [2.45, 2.75) is 45.1 Å².